The van der Waals surface area contributed by atoms with Crippen molar-refractivity contribution in [2.75, 3.05) is 12.4 Å². The summed E-state index contributed by atoms with van der Waals surface area (Å²) in [6.07, 6.45) is 7.30. The monoisotopic (exact) mass is 855 g/mol. The van der Waals surface area contributed by atoms with Crippen molar-refractivity contribution in [3.8, 4) is 5.75 Å². The number of carbonyl (C=O) groups excluding carboxylic acids is 2. The maximum absolute atomic E-state index is 14.0. The highest BCUT2D eigenvalue weighted by atomic mass is 16.7. The average molecular weight is 856 g/mol. The molecule has 2 fully saturated rings. The van der Waals surface area contributed by atoms with Gasteiger partial charge in [0, 0.05) is 79.0 Å². The molecule has 334 valence electrons. The molecule has 0 radical (unpaired) electrons. The van der Waals surface area contributed by atoms with Gasteiger partial charge in [0.1, 0.15) is 40.0 Å². The number of phenols is 1. The van der Waals surface area contributed by atoms with Crippen molar-refractivity contribution in [3.05, 3.63) is 76.9 Å². The number of carbonyl (C=O) groups is 2. The van der Waals surface area contributed by atoms with E-state index in [2.05, 4.69) is 5.32 Å². The van der Waals surface area contributed by atoms with Gasteiger partial charge in [0.05, 0.1) is 30.7 Å². The summed E-state index contributed by atoms with van der Waals surface area (Å²) in [5.41, 5.74) is 3.79. The second kappa shape index (κ2) is 16.1. The van der Waals surface area contributed by atoms with Crippen LogP contribution in [0.5, 0.6) is 5.75 Å². The fourth-order valence-electron chi connectivity index (χ4n) is 10.3. The molecule has 12 unspecified atom stereocenters. The number of pyridine rings is 1. The van der Waals surface area contributed by atoms with E-state index < -0.39 is 83.9 Å². The number of hydrogen-bond acceptors (Lipinski definition) is 12. The molecule has 5 aliphatic rings. The van der Waals surface area contributed by atoms with Crippen LogP contribution in [0.3, 0.4) is 0 Å². The maximum Gasteiger partial charge on any atom is 0.302 e. The van der Waals surface area contributed by atoms with Gasteiger partial charge in [-0.25, -0.2) is 4.98 Å². The van der Waals surface area contributed by atoms with Crippen LogP contribution >= 0.6 is 0 Å². The molecule has 5 bridgehead atoms. The number of aromatic hydroxyl groups is 1. The second-order valence-corrected chi connectivity index (χ2v) is 18.8. The van der Waals surface area contributed by atoms with Crippen LogP contribution in [0, 0.1) is 40.9 Å². The first-order valence-corrected chi connectivity index (χ1v) is 21.9. The summed E-state index contributed by atoms with van der Waals surface area (Å²) in [5.74, 6) is -5.12. The quantitative estimate of drug-likeness (QED) is 0.125. The predicted octanol–water partition coefficient (Wildman–Crippen LogP) is 6.24. The van der Waals surface area contributed by atoms with E-state index in [1.807, 2.05) is 25.3 Å². The Morgan fingerprint density at radius 3 is 2.44 bits per heavy atom. The van der Waals surface area contributed by atoms with Gasteiger partial charge in [0.25, 0.3) is 11.7 Å². The summed E-state index contributed by atoms with van der Waals surface area (Å²) < 4.78 is 26.4. The minimum Gasteiger partial charge on any atom is -0.505 e. The molecule has 3 aliphatic carbocycles. The summed E-state index contributed by atoms with van der Waals surface area (Å²) >= 11 is 0. The number of methoxy groups -OCH3 is 1. The number of imidazole rings is 1. The molecule has 1 aromatic carbocycles. The van der Waals surface area contributed by atoms with Gasteiger partial charge in [-0.1, -0.05) is 52.8 Å². The Morgan fingerprint density at radius 1 is 1.08 bits per heavy atom. The Kier molecular flexibility index (Phi) is 11.4. The molecule has 2 aromatic heterocycles. The Bertz CT molecular complexity index is 2410. The highest BCUT2D eigenvalue weighted by molar-refractivity contribution is 6.12. The first-order valence-electron chi connectivity index (χ1n) is 21.9. The third kappa shape index (κ3) is 7.31. The number of aliphatic hydroxyl groups excluding tert-OH is 4. The lowest BCUT2D eigenvalue weighted by atomic mass is 9.77. The molecule has 12 atom stereocenters. The lowest BCUT2D eigenvalue weighted by molar-refractivity contribution is -0.201. The number of phenolic OH excluding ortho intramolecular Hbond substituents is 1. The number of nitrogens with one attached hydrogen (secondary N) is 1. The van der Waals surface area contributed by atoms with Crippen molar-refractivity contribution in [3.63, 3.8) is 0 Å². The van der Waals surface area contributed by atoms with Crippen LogP contribution in [0.15, 0.2) is 60.2 Å². The van der Waals surface area contributed by atoms with Crippen LogP contribution in [0.4, 0.5) is 5.69 Å². The highest BCUT2D eigenvalue weighted by Crippen LogP contribution is 2.76. The van der Waals surface area contributed by atoms with Crippen LogP contribution in [-0.4, -0.2) is 90.2 Å². The number of aliphatic hydroxyl groups is 4. The SMILES string of the molecule is CCC1C(OC)C=COC2(C)OC3=C(c4c(c(O)c(c5c4nc4cc(CC67CC6C7)ccn45)NC(=O)C(C)=CC=CC(C)C(O)C(C)C(O)C(C)C1OC(C)=O)C(O)C3C)C2O. The topological polar surface area (TPSA) is 202 Å². The molecule has 2 aliphatic heterocycles. The Morgan fingerprint density at radius 2 is 1.79 bits per heavy atom. The minimum atomic E-state index is -1.73. The molecule has 1 amide bonds. The fraction of sp³-hybridized carbons (Fsp3) is 0.562. The molecule has 4 heterocycles. The van der Waals surface area contributed by atoms with E-state index in [4.69, 9.17) is 23.9 Å². The van der Waals surface area contributed by atoms with Crippen molar-refractivity contribution in [1.82, 2.24) is 9.38 Å². The molecule has 2 saturated carbocycles. The van der Waals surface area contributed by atoms with Gasteiger partial charge in [-0.2, -0.15) is 0 Å². The van der Waals surface area contributed by atoms with Gasteiger partial charge >= 0.3 is 5.97 Å². The first-order chi connectivity index (χ1) is 29.4. The Balaban J connectivity index is 1.28. The number of amides is 1. The number of rotatable bonds is 5. The lowest BCUT2D eigenvalue weighted by Crippen LogP contribution is -2.47. The van der Waals surface area contributed by atoms with Gasteiger partial charge in [-0.05, 0) is 67.7 Å². The third-order valence-electron chi connectivity index (χ3n) is 14.6. The minimum absolute atomic E-state index is 0.0488. The number of fused-ring (bicyclic) bond motifs is 7. The molecule has 0 spiro atoms. The van der Waals surface area contributed by atoms with Crippen molar-refractivity contribution in [2.24, 2.45) is 40.9 Å². The third-order valence-corrected chi connectivity index (χ3v) is 14.6. The predicted molar refractivity (Wildman–Crippen MR) is 231 cm³/mol. The van der Waals surface area contributed by atoms with E-state index in [9.17, 15) is 35.1 Å². The van der Waals surface area contributed by atoms with E-state index in [0.717, 1.165) is 17.9 Å². The number of anilines is 1. The fourth-order valence-corrected chi connectivity index (χ4v) is 10.3. The molecular weight excluding hydrogens is 795 g/mol. The standard InChI is InChI=1S/C48H61N3O11/c1-10-30-31(59-9)15-17-60-47(8)45(57)35-33-34(41(55)26(6)44(35)62-47)42(56)37(38-36(33)49-32-18-28(14-16-51(32)38)19-48-20-29(48)21-48)50-46(58)23(3)13-11-12-22(2)39(53)24(4)40(54)25(5)43(30)61-27(7)52/h11-18,22,24-26,29-31,39-41,43,45,53-57H,10,19-21H2,1-9H3,(H,50,58). The Labute approximate surface area is 361 Å². The van der Waals surface area contributed by atoms with Crippen LogP contribution in [-0.2, 0) is 35.0 Å². The van der Waals surface area contributed by atoms with Crippen LogP contribution in [0.1, 0.15) is 97.4 Å². The number of esters is 1. The smallest absolute Gasteiger partial charge is 0.302 e. The second-order valence-electron chi connectivity index (χ2n) is 18.8. The van der Waals surface area contributed by atoms with Crippen molar-refractivity contribution >= 4 is 39.8 Å². The first kappa shape index (κ1) is 43.9. The van der Waals surface area contributed by atoms with Crippen molar-refractivity contribution in [1.29, 1.82) is 0 Å². The number of allylic oxidation sites excluding steroid dienone is 2. The normalized spacial score (nSPS) is 37.1. The van der Waals surface area contributed by atoms with E-state index in [1.165, 1.54) is 33.1 Å². The van der Waals surface area contributed by atoms with Crippen LogP contribution in [0.2, 0.25) is 0 Å². The van der Waals surface area contributed by atoms with E-state index in [1.54, 1.807) is 70.2 Å². The number of aromatic nitrogens is 2. The van der Waals surface area contributed by atoms with Gasteiger partial charge in [-0.15, -0.1) is 0 Å². The zero-order valence-electron chi connectivity index (χ0n) is 37.0. The number of ether oxygens (including phenoxy) is 4. The Hall–Kier alpha value is -4.73. The number of hydrogen-bond donors (Lipinski definition) is 6. The summed E-state index contributed by atoms with van der Waals surface area (Å²) in [6.45, 7) is 13.5. The molecular formula is C48H61N3O11. The van der Waals surface area contributed by atoms with Gasteiger partial charge < -0.3 is 49.8 Å². The van der Waals surface area contributed by atoms with Crippen molar-refractivity contribution < 1.29 is 54.1 Å². The van der Waals surface area contributed by atoms with Crippen molar-refractivity contribution in [2.45, 2.75) is 123 Å². The summed E-state index contributed by atoms with van der Waals surface area (Å²) in [4.78, 5) is 31.6. The van der Waals surface area contributed by atoms with Crippen LogP contribution < -0.4 is 5.32 Å². The number of nitrogens with zero attached hydrogens (tertiary/aromatic N) is 2. The average Bonchev–Trinajstić information content (AvgIpc) is 4.02. The summed E-state index contributed by atoms with van der Waals surface area (Å²) in [5, 5.41) is 62.7. The number of benzene rings is 1. The van der Waals surface area contributed by atoms with Crippen LogP contribution in [0.25, 0.3) is 22.3 Å². The molecule has 6 N–H and O–H groups in total. The molecule has 62 heavy (non-hydrogen) atoms. The lowest BCUT2D eigenvalue weighted by Gasteiger charge is -2.39. The molecule has 3 aromatic rings. The molecule has 0 saturated heterocycles. The molecule has 14 heteroatoms. The zero-order chi connectivity index (χ0) is 44.7. The maximum atomic E-state index is 14.0. The largest absolute Gasteiger partial charge is 0.505 e. The van der Waals surface area contributed by atoms with E-state index in [-0.39, 0.29) is 33.9 Å². The van der Waals surface area contributed by atoms with Gasteiger partial charge in [0.2, 0.25) is 0 Å². The van der Waals surface area contributed by atoms with E-state index >= 15 is 0 Å². The summed E-state index contributed by atoms with van der Waals surface area (Å²) in [6, 6.07) is 4.04. The van der Waals surface area contributed by atoms with E-state index in [0.29, 0.717) is 34.1 Å². The molecule has 8 rings (SSSR count). The summed E-state index contributed by atoms with van der Waals surface area (Å²) in [7, 11) is 1.51. The zero-order valence-corrected chi connectivity index (χ0v) is 37.0. The molecule has 14 nitrogen and oxygen atoms in total. The van der Waals surface area contributed by atoms with Gasteiger partial charge in [0.15, 0.2) is 6.10 Å². The highest BCUT2D eigenvalue weighted by Gasteiger charge is 2.68. The van der Waals surface area contributed by atoms with Gasteiger partial charge in [-0.3, -0.25) is 14.0 Å².